The van der Waals surface area contributed by atoms with Gasteiger partial charge in [-0.1, -0.05) is 18.2 Å². The van der Waals surface area contributed by atoms with Gasteiger partial charge in [0.1, 0.15) is 17.6 Å². The molecule has 2 amide bonds. The van der Waals surface area contributed by atoms with E-state index < -0.39 is 6.04 Å². The Labute approximate surface area is 205 Å². The number of hydrogen-bond acceptors (Lipinski definition) is 5. The van der Waals surface area contributed by atoms with Crippen LogP contribution >= 0.6 is 0 Å². The Kier molecular flexibility index (Phi) is 7.02. The van der Waals surface area contributed by atoms with Gasteiger partial charge in [0.25, 0.3) is 5.91 Å². The van der Waals surface area contributed by atoms with Crippen LogP contribution in [0.1, 0.15) is 35.2 Å². The van der Waals surface area contributed by atoms with Crippen LogP contribution in [0.15, 0.2) is 48.5 Å². The zero-order chi connectivity index (χ0) is 24.4. The van der Waals surface area contributed by atoms with Crippen molar-refractivity contribution >= 4 is 11.8 Å². The molecular weight excluding hydrogens is 447 g/mol. The van der Waals surface area contributed by atoms with Crippen molar-refractivity contribution in [3.8, 4) is 5.75 Å². The van der Waals surface area contributed by atoms with Crippen LogP contribution in [-0.2, 0) is 11.3 Å². The summed E-state index contributed by atoms with van der Waals surface area (Å²) in [6.45, 7) is 4.03. The first-order chi connectivity index (χ1) is 17.0. The van der Waals surface area contributed by atoms with Crippen LogP contribution < -0.4 is 10.1 Å². The average Bonchev–Trinajstić information content (AvgIpc) is 3.65. The van der Waals surface area contributed by atoms with Crippen molar-refractivity contribution < 1.29 is 18.7 Å². The van der Waals surface area contributed by atoms with Crippen molar-refractivity contribution in [3.05, 3.63) is 65.5 Å². The van der Waals surface area contributed by atoms with E-state index in [-0.39, 0.29) is 23.7 Å². The van der Waals surface area contributed by atoms with Gasteiger partial charge in [-0.3, -0.25) is 14.5 Å². The van der Waals surface area contributed by atoms with Crippen molar-refractivity contribution in [1.29, 1.82) is 0 Å². The molecule has 0 aromatic heterocycles. The Morgan fingerprint density at radius 3 is 2.51 bits per heavy atom. The molecule has 0 radical (unpaired) electrons. The number of rotatable bonds is 7. The maximum absolute atomic E-state index is 13.7. The Morgan fingerprint density at radius 1 is 1.09 bits per heavy atom. The first-order valence-electron chi connectivity index (χ1n) is 12.5. The van der Waals surface area contributed by atoms with E-state index >= 15 is 0 Å². The Hall–Kier alpha value is -2.97. The largest absolute Gasteiger partial charge is 0.497 e. The fourth-order valence-corrected chi connectivity index (χ4v) is 5.29. The topological polar surface area (TPSA) is 65.1 Å². The van der Waals surface area contributed by atoms with Gasteiger partial charge in [0.2, 0.25) is 5.91 Å². The molecule has 186 valence electrons. The summed E-state index contributed by atoms with van der Waals surface area (Å²) < 4.78 is 18.8. The zero-order valence-corrected chi connectivity index (χ0v) is 20.2. The number of nitrogens with zero attached hydrogens (tertiary/aromatic N) is 3. The van der Waals surface area contributed by atoms with Gasteiger partial charge in [-0.15, -0.1) is 0 Å². The average molecular weight is 481 g/mol. The van der Waals surface area contributed by atoms with Gasteiger partial charge < -0.3 is 19.9 Å². The molecule has 3 fully saturated rings. The normalized spacial score (nSPS) is 22.5. The monoisotopic (exact) mass is 480 g/mol. The fourth-order valence-electron chi connectivity index (χ4n) is 5.29. The molecule has 0 bridgehead atoms. The second kappa shape index (κ2) is 10.3. The van der Waals surface area contributed by atoms with Gasteiger partial charge in [-0.25, -0.2) is 4.39 Å². The predicted octanol–water partition coefficient (Wildman–Crippen LogP) is 2.51. The number of ether oxygens (including phenoxy) is 1. The van der Waals surface area contributed by atoms with Crippen LogP contribution in [0.2, 0.25) is 0 Å². The summed E-state index contributed by atoms with van der Waals surface area (Å²) in [6.07, 6.45) is 2.83. The van der Waals surface area contributed by atoms with Gasteiger partial charge in [-0.2, -0.15) is 0 Å². The molecule has 2 heterocycles. The molecule has 2 saturated heterocycles. The molecule has 8 heteroatoms. The lowest BCUT2D eigenvalue weighted by Gasteiger charge is -2.32. The summed E-state index contributed by atoms with van der Waals surface area (Å²) in [7, 11) is 1.58. The first kappa shape index (κ1) is 23.8. The Bertz CT molecular complexity index is 1050. The molecule has 2 aromatic rings. The summed E-state index contributed by atoms with van der Waals surface area (Å²) in [6, 6.07) is 13.8. The van der Waals surface area contributed by atoms with E-state index in [1.54, 1.807) is 30.2 Å². The summed E-state index contributed by atoms with van der Waals surface area (Å²) in [4.78, 5) is 33.4. The molecule has 7 nitrogen and oxygen atoms in total. The zero-order valence-electron chi connectivity index (χ0n) is 20.2. The number of benzene rings is 2. The summed E-state index contributed by atoms with van der Waals surface area (Å²) in [5.41, 5.74) is 1.57. The number of amides is 2. The van der Waals surface area contributed by atoms with Crippen LogP contribution in [0.5, 0.6) is 5.75 Å². The van der Waals surface area contributed by atoms with E-state index in [4.69, 9.17) is 4.74 Å². The minimum absolute atomic E-state index is 0.0303. The minimum atomic E-state index is -0.494. The third-order valence-electron chi connectivity index (χ3n) is 7.33. The SMILES string of the molecule is COc1cccc(C(=O)N2CC(N(Cc3ccc(F)cc3)C3CC3)CC2C(=O)N2CCNCC2)c1. The third kappa shape index (κ3) is 5.33. The lowest BCUT2D eigenvalue weighted by Crippen LogP contribution is -2.53. The Balaban J connectivity index is 1.40. The third-order valence-corrected chi connectivity index (χ3v) is 7.33. The van der Waals surface area contributed by atoms with Crippen molar-refractivity contribution in [1.82, 2.24) is 20.0 Å². The highest BCUT2D eigenvalue weighted by molar-refractivity contribution is 5.98. The maximum atomic E-state index is 13.7. The van der Waals surface area contributed by atoms with Crippen molar-refractivity contribution in [2.45, 2.75) is 43.9 Å². The molecule has 1 N–H and O–H groups in total. The smallest absolute Gasteiger partial charge is 0.254 e. The van der Waals surface area contributed by atoms with E-state index in [0.717, 1.165) is 31.5 Å². The van der Waals surface area contributed by atoms with Gasteiger partial charge in [0.05, 0.1) is 7.11 Å². The Morgan fingerprint density at radius 2 is 1.83 bits per heavy atom. The summed E-state index contributed by atoms with van der Waals surface area (Å²) in [5, 5.41) is 3.29. The number of piperazine rings is 1. The van der Waals surface area contributed by atoms with E-state index in [1.807, 2.05) is 23.1 Å². The number of hydrogen-bond donors (Lipinski definition) is 1. The molecule has 2 aliphatic heterocycles. The van der Waals surface area contributed by atoms with Crippen LogP contribution in [0.3, 0.4) is 0 Å². The van der Waals surface area contributed by atoms with E-state index in [2.05, 4.69) is 10.2 Å². The van der Waals surface area contributed by atoms with E-state index in [9.17, 15) is 14.0 Å². The number of nitrogens with one attached hydrogen (secondary N) is 1. The van der Waals surface area contributed by atoms with E-state index in [0.29, 0.717) is 50.0 Å². The number of halogens is 1. The minimum Gasteiger partial charge on any atom is -0.497 e. The van der Waals surface area contributed by atoms with E-state index in [1.165, 1.54) is 12.1 Å². The van der Waals surface area contributed by atoms with Crippen LogP contribution in [0.4, 0.5) is 4.39 Å². The molecule has 2 unspecified atom stereocenters. The fraction of sp³-hybridized carbons (Fsp3) is 0.481. The highest BCUT2D eigenvalue weighted by atomic mass is 19.1. The van der Waals surface area contributed by atoms with Crippen LogP contribution in [0.25, 0.3) is 0 Å². The molecule has 35 heavy (non-hydrogen) atoms. The standard InChI is InChI=1S/C27H33FN4O3/c1-35-24-4-2-3-20(15-24)26(33)32-18-23(16-25(32)27(34)30-13-11-29-12-14-30)31(22-9-10-22)17-19-5-7-21(28)8-6-19/h2-8,15,22-23,25,29H,9-14,16-18H2,1H3. The molecule has 5 rings (SSSR count). The van der Waals surface area contributed by atoms with Gasteiger partial charge in [-0.05, 0) is 55.2 Å². The molecule has 1 saturated carbocycles. The highest BCUT2D eigenvalue weighted by Crippen LogP contribution is 2.35. The van der Waals surface area contributed by atoms with Crippen LogP contribution in [0, 0.1) is 5.82 Å². The first-order valence-corrected chi connectivity index (χ1v) is 12.5. The number of carbonyl (C=O) groups excluding carboxylic acids is 2. The van der Waals surface area contributed by atoms with Crippen molar-refractivity contribution in [2.75, 3.05) is 39.8 Å². The maximum Gasteiger partial charge on any atom is 0.254 e. The molecule has 0 spiro atoms. The van der Waals surface area contributed by atoms with Gasteiger partial charge >= 0.3 is 0 Å². The second-order valence-corrected chi connectivity index (χ2v) is 9.70. The van der Waals surface area contributed by atoms with Crippen molar-refractivity contribution in [2.24, 2.45) is 0 Å². The molecule has 2 atom stereocenters. The van der Waals surface area contributed by atoms with Gasteiger partial charge in [0.15, 0.2) is 0 Å². The van der Waals surface area contributed by atoms with Gasteiger partial charge in [0, 0.05) is 56.9 Å². The lowest BCUT2D eigenvalue weighted by atomic mass is 10.1. The number of carbonyl (C=O) groups is 2. The highest BCUT2D eigenvalue weighted by Gasteiger charge is 2.46. The molecule has 3 aliphatic rings. The molecule has 1 aliphatic carbocycles. The molecular formula is C27H33FN4O3. The van der Waals surface area contributed by atoms with Crippen LogP contribution in [-0.4, -0.2) is 84.5 Å². The quantitative estimate of drug-likeness (QED) is 0.660. The summed E-state index contributed by atoms with van der Waals surface area (Å²) >= 11 is 0. The van der Waals surface area contributed by atoms with Crippen molar-refractivity contribution in [3.63, 3.8) is 0 Å². The second-order valence-electron chi connectivity index (χ2n) is 9.70. The predicted molar refractivity (Wildman–Crippen MR) is 131 cm³/mol. The number of methoxy groups -OCH3 is 1. The lowest BCUT2D eigenvalue weighted by molar-refractivity contribution is -0.135. The summed E-state index contributed by atoms with van der Waals surface area (Å²) in [5.74, 6) is 0.261. The number of likely N-dealkylation sites (tertiary alicyclic amines) is 1. The molecule has 2 aromatic carbocycles.